The zero-order valence-corrected chi connectivity index (χ0v) is 16.0. The van der Waals surface area contributed by atoms with E-state index in [2.05, 4.69) is 10.3 Å². The number of amides is 1. The molecular weight excluding hydrogens is 338 g/mol. The van der Waals surface area contributed by atoms with E-state index >= 15 is 0 Å². The van der Waals surface area contributed by atoms with Gasteiger partial charge in [-0.05, 0) is 43.5 Å². The number of aryl methyl sites for hydroxylation is 2. The minimum Gasteiger partial charge on any atom is -0.480 e. The van der Waals surface area contributed by atoms with E-state index in [0.29, 0.717) is 13.0 Å². The average Bonchev–Trinajstić information content (AvgIpc) is 3.11. The van der Waals surface area contributed by atoms with Gasteiger partial charge in [0.25, 0.3) is 5.91 Å². The van der Waals surface area contributed by atoms with Crippen LogP contribution in [0.1, 0.15) is 30.3 Å². The largest absolute Gasteiger partial charge is 0.480 e. The van der Waals surface area contributed by atoms with E-state index < -0.39 is 6.10 Å². The lowest BCUT2D eigenvalue weighted by molar-refractivity contribution is -0.128. The van der Waals surface area contributed by atoms with Crippen LogP contribution in [-0.4, -0.2) is 21.6 Å². The Hall–Kier alpha value is -3.08. The van der Waals surface area contributed by atoms with Crippen molar-refractivity contribution in [3.63, 3.8) is 0 Å². The van der Waals surface area contributed by atoms with Gasteiger partial charge in [-0.15, -0.1) is 0 Å². The quantitative estimate of drug-likeness (QED) is 0.691. The molecule has 3 rings (SSSR count). The highest BCUT2D eigenvalue weighted by Gasteiger charge is 2.19. The molecule has 3 aromatic rings. The van der Waals surface area contributed by atoms with Gasteiger partial charge >= 0.3 is 0 Å². The van der Waals surface area contributed by atoms with Gasteiger partial charge in [-0.3, -0.25) is 4.79 Å². The van der Waals surface area contributed by atoms with Gasteiger partial charge in [0.05, 0.1) is 5.69 Å². The smallest absolute Gasteiger partial charge is 0.261 e. The van der Waals surface area contributed by atoms with Crippen molar-refractivity contribution in [1.82, 2.24) is 14.9 Å². The first-order chi connectivity index (χ1) is 13.1. The molecule has 0 bridgehead atoms. The summed E-state index contributed by atoms with van der Waals surface area (Å²) in [6, 6.07) is 15.7. The van der Waals surface area contributed by atoms with Gasteiger partial charge in [-0.1, -0.05) is 43.3 Å². The number of rotatable bonds is 7. The van der Waals surface area contributed by atoms with Crippen LogP contribution >= 0.6 is 0 Å². The van der Waals surface area contributed by atoms with E-state index in [9.17, 15) is 4.79 Å². The van der Waals surface area contributed by atoms with Crippen LogP contribution in [-0.2, 0) is 11.3 Å². The summed E-state index contributed by atoms with van der Waals surface area (Å²) in [4.78, 5) is 17.0. The van der Waals surface area contributed by atoms with Crippen LogP contribution < -0.4 is 10.1 Å². The number of carbonyl (C=O) groups is 1. The normalized spacial score (nSPS) is 11.8. The van der Waals surface area contributed by atoms with E-state index in [1.165, 1.54) is 0 Å². The molecule has 27 heavy (non-hydrogen) atoms. The summed E-state index contributed by atoms with van der Waals surface area (Å²) in [5.41, 5.74) is 3.06. The minimum atomic E-state index is -0.520. The number of carbonyl (C=O) groups excluding carboxylic acids is 1. The fourth-order valence-electron chi connectivity index (χ4n) is 2.99. The van der Waals surface area contributed by atoms with Gasteiger partial charge in [-0.2, -0.15) is 0 Å². The second-order valence-corrected chi connectivity index (χ2v) is 6.47. The zero-order chi connectivity index (χ0) is 19.2. The maximum atomic E-state index is 12.7. The van der Waals surface area contributed by atoms with Crippen molar-refractivity contribution < 1.29 is 9.53 Å². The molecule has 1 aromatic heterocycles. The van der Waals surface area contributed by atoms with Crippen LogP contribution in [0.15, 0.2) is 60.9 Å². The Bertz CT molecular complexity index is 917. The summed E-state index contributed by atoms with van der Waals surface area (Å²) >= 11 is 0. The highest BCUT2D eigenvalue weighted by atomic mass is 16.5. The maximum absolute atomic E-state index is 12.7. The van der Waals surface area contributed by atoms with E-state index in [-0.39, 0.29) is 5.91 Å². The molecule has 1 N–H and O–H groups in total. The number of nitrogens with zero attached hydrogens (tertiary/aromatic N) is 2. The molecule has 5 nitrogen and oxygen atoms in total. The molecule has 1 unspecified atom stereocenters. The molecule has 1 atom stereocenters. The number of ether oxygens (including phenoxy) is 1. The molecule has 0 spiro atoms. The van der Waals surface area contributed by atoms with Crippen molar-refractivity contribution in [2.75, 3.05) is 0 Å². The van der Waals surface area contributed by atoms with Crippen LogP contribution in [0.4, 0.5) is 0 Å². The monoisotopic (exact) mass is 363 g/mol. The number of nitrogens with one attached hydrogen (secondary N) is 1. The standard InChI is InChI=1S/C22H25N3O2/c1-4-20(27-21-12-8-5-9-16(21)2)22(26)24-15-18-10-6-7-11-19(18)25-14-13-23-17(25)3/h5-14,20H,4,15H2,1-3H3,(H,24,26). The Morgan fingerprint density at radius 2 is 1.89 bits per heavy atom. The Kier molecular flexibility index (Phi) is 5.91. The number of hydrogen-bond donors (Lipinski definition) is 1. The third-order valence-corrected chi connectivity index (χ3v) is 4.56. The SMILES string of the molecule is CCC(Oc1ccccc1C)C(=O)NCc1ccccc1-n1ccnc1C. The Morgan fingerprint density at radius 1 is 1.15 bits per heavy atom. The van der Waals surface area contributed by atoms with Crippen LogP contribution in [0.25, 0.3) is 5.69 Å². The molecule has 0 saturated carbocycles. The molecule has 0 aliphatic heterocycles. The third kappa shape index (κ3) is 4.37. The van der Waals surface area contributed by atoms with E-state index in [1.807, 2.05) is 80.1 Å². The van der Waals surface area contributed by atoms with Gasteiger partial charge in [-0.25, -0.2) is 4.98 Å². The van der Waals surface area contributed by atoms with Crippen molar-refractivity contribution in [1.29, 1.82) is 0 Å². The molecule has 1 amide bonds. The topological polar surface area (TPSA) is 56.1 Å². The number of benzene rings is 2. The molecule has 5 heteroatoms. The predicted molar refractivity (Wildman–Crippen MR) is 106 cm³/mol. The summed E-state index contributed by atoms with van der Waals surface area (Å²) in [6.45, 7) is 6.31. The molecule has 0 saturated heterocycles. The van der Waals surface area contributed by atoms with Crippen LogP contribution in [0.2, 0.25) is 0 Å². The van der Waals surface area contributed by atoms with Crippen molar-refractivity contribution >= 4 is 5.91 Å². The van der Waals surface area contributed by atoms with Gasteiger partial charge < -0.3 is 14.6 Å². The van der Waals surface area contributed by atoms with E-state index in [0.717, 1.165) is 28.4 Å². The second-order valence-electron chi connectivity index (χ2n) is 6.47. The molecule has 0 fully saturated rings. The molecule has 0 radical (unpaired) electrons. The predicted octanol–water partition coefficient (Wildman–Crippen LogP) is 3.96. The summed E-state index contributed by atoms with van der Waals surface area (Å²) < 4.78 is 7.96. The van der Waals surface area contributed by atoms with Gasteiger partial charge in [0.2, 0.25) is 0 Å². The summed E-state index contributed by atoms with van der Waals surface area (Å²) in [5.74, 6) is 1.54. The van der Waals surface area contributed by atoms with Crippen LogP contribution in [0.5, 0.6) is 5.75 Å². The lowest BCUT2D eigenvalue weighted by atomic mass is 10.1. The van der Waals surface area contributed by atoms with E-state index in [4.69, 9.17) is 4.74 Å². The average molecular weight is 363 g/mol. The van der Waals surface area contributed by atoms with Crippen molar-refractivity contribution in [2.45, 2.75) is 39.8 Å². The first-order valence-corrected chi connectivity index (χ1v) is 9.18. The molecular formula is C22H25N3O2. The highest BCUT2D eigenvalue weighted by molar-refractivity contribution is 5.81. The van der Waals surface area contributed by atoms with Crippen molar-refractivity contribution in [3.05, 3.63) is 77.9 Å². The summed E-state index contributed by atoms with van der Waals surface area (Å²) in [6.07, 6.45) is 3.77. The molecule has 2 aromatic carbocycles. The van der Waals surface area contributed by atoms with Crippen LogP contribution in [0, 0.1) is 13.8 Å². The second kappa shape index (κ2) is 8.54. The van der Waals surface area contributed by atoms with Crippen LogP contribution in [0.3, 0.4) is 0 Å². The zero-order valence-electron chi connectivity index (χ0n) is 16.0. The lowest BCUT2D eigenvalue weighted by Gasteiger charge is -2.19. The maximum Gasteiger partial charge on any atom is 0.261 e. The fraction of sp³-hybridized carbons (Fsp3) is 0.273. The van der Waals surface area contributed by atoms with Crippen molar-refractivity contribution in [3.8, 4) is 11.4 Å². The minimum absolute atomic E-state index is 0.113. The summed E-state index contributed by atoms with van der Waals surface area (Å²) in [5, 5.41) is 3.01. The lowest BCUT2D eigenvalue weighted by Crippen LogP contribution is -2.37. The first kappa shape index (κ1) is 18.7. The molecule has 0 aliphatic carbocycles. The first-order valence-electron chi connectivity index (χ1n) is 9.18. The molecule has 1 heterocycles. The summed E-state index contributed by atoms with van der Waals surface area (Å²) in [7, 11) is 0. The Labute approximate surface area is 160 Å². The number of para-hydroxylation sites is 2. The van der Waals surface area contributed by atoms with Gasteiger partial charge in [0.1, 0.15) is 11.6 Å². The van der Waals surface area contributed by atoms with Crippen molar-refractivity contribution in [2.24, 2.45) is 0 Å². The third-order valence-electron chi connectivity index (χ3n) is 4.56. The fourth-order valence-corrected chi connectivity index (χ4v) is 2.99. The van der Waals surface area contributed by atoms with E-state index in [1.54, 1.807) is 6.20 Å². The number of aromatic nitrogens is 2. The molecule has 140 valence electrons. The highest BCUT2D eigenvalue weighted by Crippen LogP contribution is 2.19. The Morgan fingerprint density at radius 3 is 2.59 bits per heavy atom. The Balaban J connectivity index is 1.70. The molecule has 0 aliphatic rings. The number of imidazole rings is 1. The van der Waals surface area contributed by atoms with Gasteiger partial charge in [0, 0.05) is 18.9 Å². The van der Waals surface area contributed by atoms with Gasteiger partial charge in [0.15, 0.2) is 6.10 Å². The number of hydrogen-bond acceptors (Lipinski definition) is 3.